The molecule has 0 unspecified atom stereocenters. The first-order valence-electron chi connectivity index (χ1n) is 7.67. The molecule has 0 saturated carbocycles. The number of halogens is 1. The molecule has 126 valence electrons. The van der Waals surface area contributed by atoms with Crippen LogP contribution < -0.4 is 5.56 Å². The molecule has 3 aromatic heterocycles. The first-order valence-corrected chi connectivity index (χ1v) is 7.67. The summed E-state index contributed by atoms with van der Waals surface area (Å²) in [7, 11) is 1.58. The monoisotopic (exact) mass is 339 g/mol. The maximum atomic E-state index is 13.3. The summed E-state index contributed by atoms with van der Waals surface area (Å²) < 4.78 is 21.4. The summed E-state index contributed by atoms with van der Waals surface area (Å²) in [6.45, 7) is 0.833. The van der Waals surface area contributed by atoms with Crippen molar-refractivity contribution in [3.05, 3.63) is 59.0 Å². The fourth-order valence-electron chi connectivity index (χ4n) is 2.80. The summed E-state index contributed by atoms with van der Waals surface area (Å²) in [5, 5.41) is 4.58. The lowest BCUT2D eigenvalue weighted by Crippen LogP contribution is -2.23. The maximum Gasteiger partial charge on any atom is 0.262 e. The van der Waals surface area contributed by atoms with Crippen LogP contribution in [-0.4, -0.2) is 37.9 Å². The number of hydrogen-bond donors (Lipinski definition) is 0. The average Bonchev–Trinajstić information content (AvgIpc) is 3.08. The molecule has 0 saturated heterocycles. The van der Waals surface area contributed by atoms with Gasteiger partial charge in [0.25, 0.3) is 11.3 Å². The van der Waals surface area contributed by atoms with Crippen LogP contribution in [0.25, 0.3) is 27.9 Å². The van der Waals surface area contributed by atoms with Crippen molar-refractivity contribution < 1.29 is 9.13 Å². The molecule has 0 bridgehead atoms. The molecule has 0 aliphatic carbocycles. The van der Waals surface area contributed by atoms with Crippen LogP contribution in [0, 0.1) is 5.82 Å². The molecule has 8 heteroatoms. The van der Waals surface area contributed by atoms with Gasteiger partial charge in [-0.3, -0.25) is 4.79 Å². The van der Waals surface area contributed by atoms with Crippen molar-refractivity contribution >= 4 is 16.7 Å². The third kappa shape index (κ3) is 2.56. The van der Waals surface area contributed by atoms with E-state index in [0.717, 1.165) is 0 Å². The highest BCUT2D eigenvalue weighted by Crippen LogP contribution is 2.26. The molecule has 4 rings (SSSR count). The molecule has 25 heavy (non-hydrogen) atoms. The summed E-state index contributed by atoms with van der Waals surface area (Å²) in [4.78, 5) is 21.5. The van der Waals surface area contributed by atoms with Crippen molar-refractivity contribution in [3.8, 4) is 11.3 Å². The largest absolute Gasteiger partial charge is 0.383 e. The molecule has 4 aromatic rings. The molecule has 0 spiro atoms. The van der Waals surface area contributed by atoms with Gasteiger partial charge in [-0.1, -0.05) is 0 Å². The lowest BCUT2D eigenvalue weighted by molar-refractivity contribution is 0.186. The number of fused-ring (bicyclic) bond motifs is 2. The quantitative estimate of drug-likeness (QED) is 0.568. The van der Waals surface area contributed by atoms with Gasteiger partial charge >= 0.3 is 0 Å². The summed E-state index contributed by atoms with van der Waals surface area (Å²) >= 11 is 0. The van der Waals surface area contributed by atoms with E-state index in [4.69, 9.17) is 4.74 Å². The van der Waals surface area contributed by atoms with Crippen molar-refractivity contribution in [1.82, 2.24) is 24.1 Å². The lowest BCUT2D eigenvalue weighted by atomic mass is 10.1. The highest BCUT2D eigenvalue weighted by atomic mass is 19.1. The molecular formula is C17H14FN5O2. The average molecular weight is 339 g/mol. The van der Waals surface area contributed by atoms with Crippen LogP contribution in [0.1, 0.15) is 0 Å². The lowest BCUT2D eigenvalue weighted by Gasteiger charge is -2.11. The highest BCUT2D eigenvalue weighted by Gasteiger charge is 2.17. The molecule has 1 aromatic carbocycles. The van der Waals surface area contributed by atoms with Crippen molar-refractivity contribution in [2.24, 2.45) is 0 Å². The summed E-state index contributed by atoms with van der Waals surface area (Å²) in [6, 6.07) is 7.66. The van der Waals surface area contributed by atoms with Crippen LogP contribution in [0.4, 0.5) is 4.39 Å². The van der Waals surface area contributed by atoms with Crippen LogP contribution in [0.5, 0.6) is 0 Å². The number of hydrogen-bond acceptors (Lipinski definition) is 5. The number of rotatable bonds is 4. The molecule has 0 aliphatic rings. The highest BCUT2D eigenvalue weighted by molar-refractivity contribution is 5.93. The Labute approximate surface area is 141 Å². The Hall–Kier alpha value is -3.13. The molecule has 0 N–H and O–H groups in total. The molecular weight excluding hydrogens is 325 g/mol. The fourth-order valence-corrected chi connectivity index (χ4v) is 2.80. The normalized spacial score (nSPS) is 11.4. The third-order valence-electron chi connectivity index (χ3n) is 4.00. The number of aromatic nitrogens is 5. The molecule has 0 radical (unpaired) electrons. The number of benzene rings is 1. The summed E-state index contributed by atoms with van der Waals surface area (Å²) in [5.74, 6) is 0.0234. The summed E-state index contributed by atoms with van der Waals surface area (Å²) in [5.41, 5.74) is 1.50. The standard InChI is InChI=1S/C17H14FN5O2/c1-25-9-8-22-7-6-13-14(16(22)24)15(11-2-4-12(18)5-3-11)23-17(21-13)19-10-20-23/h2-7,10H,8-9H2,1H3. The first-order chi connectivity index (χ1) is 12.2. The summed E-state index contributed by atoms with van der Waals surface area (Å²) in [6.07, 6.45) is 3.05. The maximum absolute atomic E-state index is 13.3. The van der Waals surface area contributed by atoms with Crippen molar-refractivity contribution in [1.29, 1.82) is 0 Å². The van der Waals surface area contributed by atoms with Crippen LogP contribution in [0.15, 0.2) is 47.7 Å². The molecule has 0 atom stereocenters. The SMILES string of the molecule is COCCn1ccc2nc3ncnn3c(-c3ccc(F)cc3)c2c1=O. The Bertz CT molecular complexity index is 1120. The van der Waals surface area contributed by atoms with E-state index in [9.17, 15) is 9.18 Å². The zero-order valence-electron chi connectivity index (χ0n) is 13.4. The van der Waals surface area contributed by atoms with E-state index in [1.54, 1.807) is 36.1 Å². The third-order valence-corrected chi connectivity index (χ3v) is 4.00. The van der Waals surface area contributed by atoms with Gasteiger partial charge in [-0.2, -0.15) is 14.6 Å². The second-order valence-electron chi connectivity index (χ2n) is 5.51. The molecule has 3 heterocycles. The Morgan fingerprint density at radius 2 is 2.00 bits per heavy atom. The van der Waals surface area contributed by atoms with Gasteiger partial charge < -0.3 is 9.30 Å². The zero-order valence-corrected chi connectivity index (χ0v) is 13.4. The van der Waals surface area contributed by atoms with E-state index in [-0.39, 0.29) is 11.4 Å². The van der Waals surface area contributed by atoms with Crippen LogP contribution in [0.2, 0.25) is 0 Å². The van der Waals surface area contributed by atoms with E-state index in [2.05, 4.69) is 15.1 Å². The number of pyridine rings is 1. The van der Waals surface area contributed by atoms with Gasteiger partial charge in [0, 0.05) is 25.4 Å². The minimum atomic E-state index is -0.352. The topological polar surface area (TPSA) is 74.3 Å². The van der Waals surface area contributed by atoms with E-state index in [1.807, 2.05) is 0 Å². The zero-order chi connectivity index (χ0) is 17.4. The van der Waals surface area contributed by atoms with E-state index < -0.39 is 0 Å². The fraction of sp³-hybridized carbons (Fsp3) is 0.176. The van der Waals surface area contributed by atoms with Gasteiger partial charge in [0.2, 0.25) is 0 Å². The van der Waals surface area contributed by atoms with Gasteiger partial charge in [-0.25, -0.2) is 9.37 Å². The minimum absolute atomic E-state index is 0.209. The van der Waals surface area contributed by atoms with Crippen LogP contribution in [-0.2, 0) is 11.3 Å². The molecule has 0 fully saturated rings. The van der Waals surface area contributed by atoms with Crippen LogP contribution in [0.3, 0.4) is 0 Å². The van der Waals surface area contributed by atoms with E-state index >= 15 is 0 Å². The minimum Gasteiger partial charge on any atom is -0.383 e. The van der Waals surface area contributed by atoms with Crippen molar-refractivity contribution in [3.63, 3.8) is 0 Å². The number of ether oxygens (including phenoxy) is 1. The Morgan fingerprint density at radius 1 is 1.20 bits per heavy atom. The number of methoxy groups -OCH3 is 1. The van der Waals surface area contributed by atoms with E-state index in [0.29, 0.717) is 41.1 Å². The predicted molar refractivity (Wildman–Crippen MR) is 89.8 cm³/mol. The first kappa shape index (κ1) is 15.4. The smallest absolute Gasteiger partial charge is 0.262 e. The van der Waals surface area contributed by atoms with Gasteiger partial charge in [-0.15, -0.1) is 0 Å². The Balaban J connectivity index is 2.09. The Kier molecular flexibility index (Phi) is 3.73. The van der Waals surface area contributed by atoms with Gasteiger partial charge in [-0.05, 0) is 30.3 Å². The molecule has 0 amide bonds. The van der Waals surface area contributed by atoms with Gasteiger partial charge in [0.1, 0.15) is 12.1 Å². The van der Waals surface area contributed by atoms with Gasteiger partial charge in [0.05, 0.1) is 23.2 Å². The molecule has 0 aliphatic heterocycles. The van der Waals surface area contributed by atoms with Crippen LogP contribution >= 0.6 is 0 Å². The Morgan fingerprint density at radius 3 is 2.76 bits per heavy atom. The van der Waals surface area contributed by atoms with Crippen molar-refractivity contribution in [2.45, 2.75) is 6.54 Å². The molecule has 7 nitrogen and oxygen atoms in total. The van der Waals surface area contributed by atoms with E-state index in [1.165, 1.54) is 23.0 Å². The second-order valence-corrected chi connectivity index (χ2v) is 5.51. The number of nitrogens with zero attached hydrogens (tertiary/aromatic N) is 5. The second kappa shape index (κ2) is 6.06. The van der Waals surface area contributed by atoms with Crippen molar-refractivity contribution in [2.75, 3.05) is 13.7 Å². The van der Waals surface area contributed by atoms with Gasteiger partial charge in [0.15, 0.2) is 0 Å². The predicted octanol–water partition coefficient (Wildman–Crippen LogP) is 1.89.